The molecule has 0 atom stereocenters. The Balaban J connectivity index is 1.47. The van der Waals surface area contributed by atoms with Crippen molar-refractivity contribution >= 4 is 11.7 Å². The van der Waals surface area contributed by atoms with Crippen molar-refractivity contribution in [3.63, 3.8) is 0 Å². The number of hydrogen-bond donors (Lipinski definition) is 0. The fourth-order valence-corrected chi connectivity index (χ4v) is 3.50. The molecule has 0 bridgehead atoms. The topological polar surface area (TPSA) is 51.7 Å². The Labute approximate surface area is 204 Å². The molecule has 6 heteroatoms. The molecule has 1 heterocycles. The van der Waals surface area contributed by atoms with Crippen molar-refractivity contribution < 1.29 is 18.7 Å². The van der Waals surface area contributed by atoms with Crippen LogP contribution in [0.15, 0.2) is 97.2 Å². The Bertz CT molecular complexity index is 1230. The Morgan fingerprint density at radius 2 is 1.51 bits per heavy atom. The Morgan fingerprint density at radius 1 is 0.857 bits per heavy atom. The van der Waals surface area contributed by atoms with Gasteiger partial charge in [0.05, 0.1) is 12.6 Å². The first-order valence-corrected chi connectivity index (χ1v) is 11.4. The van der Waals surface area contributed by atoms with E-state index in [2.05, 4.69) is 4.98 Å². The maximum Gasteiger partial charge on any atom is 0.259 e. The largest absolute Gasteiger partial charge is 0.491 e. The van der Waals surface area contributed by atoms with E-state index in [0.29, 0.717) is 30.3 Å². The number of ether oxygens (including phenoxy) is 2. The SMILES string of the molecule is CC(C)Oc1ccc(C(=O)N(Cc2ccc(OCc3ccc(F)cc3)cc2)c2ccccn2)cc1. The summed E-state index contributed by atoms with van der Waals surface area (Å²) in [5, 5.41) is 0. The molecule has 178 valence electrons. The number of amides is 1. The summed E-state index contributed by atoms with van der Waals surface area (Å²) in [5.41, 5.74) is 2.36. The standard InChI is InChI=1S/C29H27FN2O3/c1-21(2)35-27-16-10-24(11-17-27)29(33)32(28-5-3-4-18-31-28)19-22-8-14-26(15-9-22)34-20-23-6-12-25(30)13-7-23/h3-18,21H,19-20H2,1-2H3. The van der Waals surface area contributed by atoms with Gasteiger partial charge in [-0.3, -0.25) is 9.69 Å². The van der Waals surface area contributed by atoms with Crippen molar-refractivity contribution in [1.82, 2.24) is 4.98 Å². The van der Waals surface area contributed by atoms with Crippen LogP contribution in [0.3, 0.4) is 0 Å². The number of halogens is 1. The van der Waals surface area contributed by atoms with Crippen LogP contribution >= 0.6 is 0 Å². The average Bonchev–Trinajstić information content (AvgIpc) is 2.88. The maximum absolute atomic E-state index is 13.4. The van der Waals surface area contributed by atoms with Gasteiger partial charge in [0.1, 0.15) is 29.7 Å². The normalized spacial score (nSPS) is 10.7. The third kappa shape index (κ3) is 6.67. The second kappa shape index (κ2) is 11.3. The van der Waals surface area contributed by atoms with E-state index in [0.717, 1.165) is 16.9 Å². The van der Waals surface area contributed by atoms with Crippen molar-refractivity contribution in [2.45, 2.75) is 33.1 Å². The molecule has 0 saturated carbocycles. The number of carbonyl (C=O) groups is 1. The van der Waals surface area contributed by atoms with Crippen LogP contribution in [0.25, 0.3) is 0 Å². The third-order valence-electron chi connectivity index (χ3n) is 5.23. The van der Waals surface area contributed by atoms with Crippen LogP contribution < -0.4 is 14.4 Å². The number of nitrogens with zero attached hydrogens (tertiary/aromatic N) is 2. The van der Waals surface area contributed by atoms with Crippen LogP contribution in [0.5, 0.6) is 11.5 Å². The summed E-state index contributed by atoms with van der Waals surface area (Å²) < 4.78 is 24.6. The van der Waals surface area contributed by atoms with Gasteiger partial charge in [0.25, 0.3) is 5.91 Å². The van der Waals surface area contributed by atoms with Crippen molar-refractivity contribution in [1.29, 1.82) is 0 Å². The molecule has 0 spiro atoms. The highest BCUT2D eigenvalue weighted by Crippen LogP contribution is 2.22. The first-order chi connectivity index (χ1) is 17.0. The van der Waals surface area contributed by atoms with Gasteiger partial charge in [-0.1, -0.05) is 30.3 Å². The van der Waals surface area contributed by atoms with Gasteiger partial charge in [0, 0.05) is 11.8 Å². The van der Waals surface area contributed by atoms with E-state index in [-0.39, 0.29) is 17.8 Å². The van der Waals surface area contributed by atoms with Gasteiger partial charge in [0.2, 0.25) is 0 Å². The monoisotopic (exact) mass is 470 g/mol. The van der Waals surface area contributed by atoms with Gasteiger partial charge in [0.15, 0.2) is 0 Å². The number of hydrogen-bond acceptors (Lipinski definition) is 4. The van der Waals surface area contributed by atoms with E-state index >= 15 is 0 Å². The molecule has 0 radical (unpaired) electrons. The molecule has 35 heavy (non-hydrogen) atoms. The minimum atomic E-state index is -0.273. The number of benzene rings is 3. The summed E-state index contributed by atoms with van der Waals surface area (Å²) in [6, 6.07) is 26.4. The molecule has 5 nitrogen and oxygen atoms in total. The summed E-state index contributed by atoms with van der Waals surface area (Å²) in [4.78, 5) is 19.5. The molecular formula is C29H27FN2O3. The number of anilines is 1. The van der Waals surface area contributed by atoms with E-state index in [4.69, 9.17) is 9.47 Å². The fourth-order valence-electron chi connectivity index (χ4n) is 3.50. The van der Waals surface area contributed by atoms with Crippen molar-refractivity contribution in [3.05, 3.63) is 120 Å². The van der Waals surface area contributed by atoms with E-state index < -0.39 is 0 Å². The van der Waals surface area contributed by atoms with Crippen LogP contribution in [0.4, 0.5) is 10.2 Å². The summed E-state index contributed by atoms with van der Waals surface area (Å²) >= 11 is 0. The van der Waals surface area contributed by atoms with Gasteiger partial charge in [-0.2, -0.15) is 0 Å². The first kappa shape index (κ1) is 24.0. The van der Waals surface area contributed by atoms with Crippen LogP contribution in [-0.4, -0.2) is 17.0 Å². The Morgan fingerprint density at radius 3 is 2.14 bits per heavy atom. The lowest BCUT2D eigenvalue weighted by Gasteiger charge is -2.22. The molecule has 0 saturated heterocycles. The van der Waals surface area contributed by atoms with Gasteiger partial charge in [-0.25, -0.2) is 9.37 Å². The zero-order valence-electron chi connectivity index (χ0n) is 19.7. The number of rotatable bonds is 9. The van der Waals surface area contributed by atoms with Crippen molar-refractivity contribution in [2.75, 3.05) is 4.90 Å². The summed E-state index contributed by atoms with van der Waals surface area (Å²) in [6.45, 7) is 4.61. The predicted molar refractivity (Wildman–Crippen MR) is 134 cm³/mol. The van der Waals surface area contributed by atoms with Crippen LogP contribution in [0.2, 0.25) is 0 Å². The van der Waals surface area contributed by atoms with Gasteiger partial charge in [-0.15, -0.1) is 0 Å². The second-order valence-electron chi connectivity index (χ2n) is 8.33. The number of aromatic nitrogens is 1. The molecule has 3 aromatic carbocycles. The molecule has 0 aliphatic heterocycles. The lowest BCUT2D eigenvalue weighted by Crippen LogP contribution is -2.31. The number of carbonyl (C=O) groups excluding carboxylic acids is 1. The average molecular weight is 471 g/mol. The number of pyridine rings is 1. The van der Waals surface area contributed by atoms with E-state index in [1.54, 1.807) is 47.5 Å². The maximum atomic E-state index is 13.4. The van der Waals surface area contributed by atoms with Crippen LogP contribution in [-0.2, 0) is 13.2 Å². The van der Waals surface area contributed by atoms with Gasteiger partial charge in [-0.05, 0) is 85.6 Å². The molecule has 0 fully saturated rings. The van der Waals surface area contributed by atoms with E-state index in [9.17, 15) is 9.18 Å². The van der Waals surface area contributed by atoms with Crippen molar-refractivity contribution in [3.8, 4) is 11.5 Å². The predicted octanol–water partition coefficient (Wildman–Crippen LogP) is 6.43. The minimum absolute atomic E-state index is 0.0595. The Hall–Kier alpha value is -4.19. The summed E-state index contributed by atoms with van der Waals surface area (Å²) in [6.07, 6.45) is 1.73. The van der Waals surface area contributed by atoms with Crippen LogP contribution in [0.1, 0.15) is 35.3 Å². The zero-order chi connectivity index (χ0) is 24.6. The van der Waals surface area contributed by atoms with Crippen LogP contribution in [0, 0.1) is 5.82 Å². The zero-order valence-corrected chi connectivity index (χ0v) is 19.7. The van der Waals surface area contributed by atoms with Gasteiger partial charge >= 0.3 is 0 Å². The fraction of sp³-hybridized carbons (Fsp3) is 0.172. The summed E-state index contributed by atoms with van der Waals surface area (Å²) in [5.74, 6) is 1.55. The molecule has 0 aliphatic rings. The molecule has 1 amide bonds. The minimum Gasteiger partial charge on any atom is -0.491 e. The molecule has 0 N–H and O–H groups in total. The highest BCUT2D eigenvalue weighted by Gasteiger charge is 2.19. The summed E-state index contributed by atoms with van der Waals surface area (Å²) in [7, 11) is 0. The third-order valence-corrected chi connectivity index (χ3v) is 5.23. The van der Waals surface area contributed by atoms with E-state index in [1.807, 2.05) is 56.3 Å². The Kier molecular flexibility index (Phi) is 7.73. The molecule has 4 rings (SSSR count). The smallest absolute Gasteiger partial charge is 0.259 e. The highest BCUT2D eigenvalue weighted by atomic mass is 19.1. The van der Waals surface area contributed by atoms with Gasteiger partial charge < -0.3 is 9.47 Å². The second-order valence-corrected chi connectivity index (χ2v) is 8.33. The highest BCUT2D eigenvalue weighted by molar-refractivity contribution is 6.05. The molecule has 0 aliphatic carbocycles. The quantitative estimate of drug-likeness (QED) is 0.283. The first-order valence-electron chi connectivity index (χ1n) is 11.4. The molecular weight excluding hydrogens is 443 g/mol. The molecule has 4 aromatic rings. The molecule has 0 unspecified atom stereocenters. The van der Waals surface area contributed by atoms with E-state index in [1.165, 1.54) is 12.1 Å². The lowest BCUT2D eigenvalue weighted by molar-refractivity contribution is 0.0984. The molecule has 1 aromatic heterocycles. The van der Waals surface area contributed by atoms with Crippen molar-refractivity contribution in [2.24, 2.45) is 0 Å². The lowest BCUT2D eigenvalue weighted by atomic mass is 10.1.